The summed E-state index contributed by atoms with van der Waals surface area (Å²) in [5.41, 5.74) is -0.113. The molecule has 116 valence electrons. The summed E-state index contributed by atoms with van der Waals surface area (Å²) in [7, 11) is -4.03. The van der Waals surface area contributed by atoms with Gasteiger partial charge < -0.3 is 4.74 Å². The molecule has 0 aliphatic carbocycles. The molecule has 0 bridgehead atoms. The molecular weight excluding hydrogens is 316 g/mol. The first-order valence-corrected chi connectivity index (χ1v) is 7.54. The van der Waals surface area contributed by atoms with Gasteiger partial charge in [0, 0.05) is 5.56 Å². The number of sulfonamides is 1. The Morgan fingerprint density at radius 2 is 1.73 bits per heavy atom. The summed E-state index contributed by atoms with van der Waals surface area (Å²) >= 11 is 0. The van der Waals surface area contributed by atoms with Gasteiger partial charge in [-0.2, -0.15) is 8.78 Å². The van der Waals surface area contributed by atoms with Crippen LogP contribution >= 0.6 is 0 Å². The minimum Gasteiger partial charge on any atom is -0.435 e. The van der Waals surface area contributed by atoms with Gasteiger partial charge in [0.05, 0.1) is 4.90 Å². The molecule has 2 aromatic carbocycles. The number of carbonyl (C=O) groups is 1. The van der Waals surface area contributed by atoms with Crippen LogP contribution in [0.15, 0.2) is 59.5 Å². The van der Waals surface area contributed by atoms with E-state index >= 15 is 0 Å². The van der Waals surface area contributed by atoms with Gasteiger partial charge in [-0.05, 0) is 30.3 Å². The van der Waals surface area contributed by atoms with Crippen LogP contribution in [0.3, 0.4) is 0 Å². The molecule has 0 atom stereocenters. The van der Waals surface area contributed by atoms with Crippen molar-refractivity contribution >= 4 is 15.9 Å². The fourth-order valence-corrected chi connectivity index (χ4v) is 2.65. The van der Waals surface area contributed by atoms with Crippen LogP contribution in [0.25, 0.3) is 0 Å². The third kappa shape index (κ3) is 4.01. The average Bonchev–Trinajstić information content (AvgIpc) is 2.47. The molecule has 0 aliphatic rings. The molecule has 0 fully saturated rings. The molecule has 1 amide bonds. The fraction of sp³-hybridized carbons (Fsp3) is 0.0714. The summed E-state index contributed by atoms with van der Waals surface area (Å²) in [5.74, 6) is -1.18. The van der Waals surface area contributed by atoms with Gasteiger partial charge in [-0.25, -0.2) is 13.1 Å². The van der Waals surface area contributed by atoms with Crippen LogP contribution in [0.1, 0.15) is 10.4 Å². The van der Waals surface area contributed by atoms with Crippen LogP contribution in [0.2, 0.25) is 0 Å². The standard InChI is InChI=1S/C14H11F2NO4S/c15-14(16)21-11-6-4-5-10(9-11)13(18)17-22(19,20)12-7-2-1-3-8-12/h1-9,14H,(H,17,18). The molecule has 2 rings (SSSR count). The molecule has 1 N–H and O–H groups in total. The zero-order valence-corrected chi connectivity index (χ0v) is 11.9. The van der Waals surface area contributed by atoms with Crippen molar-refractivity contribution in [2.75, 3.05) is 0 Å². The summed E-state index contributed by atoms with van der Waals surface area (Å²) in [6, 6.07) is 12.2. The Morgan fingerprint density at radius 1 is 1.05 bits per heavy atom. The van der Waals surface area contributed by atoms with Crippen molar-refractivity contribution in [3.05, 3.63) is 60.2 Å². The van der Waals surface area contributed by atoms with E-state index in [1.165, 1.54) is 42.5 Å². The predicted octanol–water partition coefficient (Wildman–Crippen LogP) is 2.41. The number of amides is 1. The van der Waals surface area contributed by atoms with Crippen molar-refractivity contribution < 1.29 is 26.7 Å². The topological polar surface area (TPSA) is 72.5 Å². The van der Waals surface area contributed by atoms with E-state index in [9.17, 15) is 22.0 Å². The maximum atomic E-state index is 12.1. The lowest BCUT2D eigenvalue weighted by molar-refractivity contribution is -0.0498. The van der Waals surface area contributed by atoms with Gasteiger partial charge in [0.25, 0.3) is 15.9 Å². The van der Waals surface area contributed by atoms with Gasteiger partial charge in [0.1, 0.15) is 5.75 Å². The van der Waals surface area contributed by atoms with Crippen molar-refractivity contribution in [2.45, 2.75) is 11.5 Å². The number of carbonyl (C=O) groups excluding carboxylic acids is 1. The second-order valence-electron chi connectivity index (χ2n) is 4.15. The number of nitrogens with one attached hydrogen (secondary N) is 1. The highest BCUT2D eigenvalue weighted by atomic mass is 32.2. The average molecular weight is 327 g/mol. The van der Waals surface area contributed by atoms with Gasteiger partial charge in [0.15, 0.2) is 0 Å². The lowest BCUT2D eigenvalue weighted by atomic mass is 10.2. The van der Waals surface area contributed by atoms with Gasteiger partial charge in [-0.15, -0.1) is 0 Å². The summed E-state index contributed by atoms with van der Waals surface area (Å²) in [4.78, 5) is 11.9. The van der Waals surface area contributed by atoms with Crippen molar-refractivity contribution in [1.29, 1.82) is 0 Å². The zero-order valence-electron chi connectivity index (χ0n) is 11.1. The molecule has 0 heterocycles. The summed E-state index contributed by atoms with van der Waals surface area (Å²) in [6.07, 6.45) is 0. The highest BCUT2D eigenvalue weighted by Gasteiger charge is 2.18. The number of hydrogen-bond donors (Lipinski definition) is 1. The minimum absolute atomic E-state index is 0.0802. The van der Waals surface area contributed by atoms with Crippen LogP contribution in [-0.2, 0) is 10.0 Å². The highest BCUT2D eigenvalue weighted by Crippen LogP contribution is 2.16. The first-order valence-electron chi connectivity index (χ1n) is 6.05. The molecule has 2 aromatic rings. The zero-order chi connectivity index (χ0) is 16.2. The van der Waals surface area contributed by atoms with Crippen LogP contribution < -0.4 is 9.46 Å². The molecule has 0 saturated heterocycles. The van der Waals surface area contributed by atoms with Crippen LogP contribution in [0.4, 0.5) is 8.78 Å². The maximum absolute atomic E-state index is 12.1. The highest BCUT2D eigenvalue weighted by molar-refractivity contribution is 7.90. The SMILES string of the molecule is O=C(NS(=O)(=O)c1ccccc1)c1cccc(OC(F)F)c1. The summed E-state index contributed by atoms with van der Waals surface area (Å²) < 4.78 is 54.3. The van der Waals surface area contributed by atoms with Crippen molar-refractivity contribution in [2.24, 2.45) is 0 Å². The fourth-order valence-electron chi connectivity index (χ4n) is 1.65. The van der Waals surface area contributed by atoms with E-state index < -0.39 is 22.5 Å². The van der Waals surface area contributed by atoms with Crippen LogP contribution in [0, 0.1) is 0 Å². The van der Waals surface area contributed by atoms with Crippen molar-refractivity contribution in [1.82, 2.24) is 4.72 Å². The van der Waals surface area contributed by atoms with Crippen molar-refractivity contribution in [3.63, 3.8) is 0 Å². The molecule has 8 heteroatoms. The monoisotopic (exact) mass is 327 g/mol. The number of halogens is 2. The molecule has 0 saturated carbocycles. The van der Waals surface area contributed by atoms with Gasteiger partial charge in [-0.3, -0.25) is 4.79 Å². The minimum atomic E-state index is -4.03. The maximum Gasteiger partial charge on any atom is 0.387 e. The Morgan fingerprint density at radius 3 is 2.36 bits per heavy atom. The molecule has 0 radical (unpaired) electrons. The molecule has 0 aliphatic heterocycles. The van der Waals surface area contributed by atoms with E-state index in [4.69, 9.17) is 0 Å². The lowest BCUT2D eigenvalue weighted by Gasteiger charge is -2.08. The number of ether oxygens (including phenoxy) is 1. The number of rotatable bonds is 5. The van der Waals surface area contributed by atoms with Crippen molar-refractivity contribution in [3.8, 4) is 5.75 Å². The third-order valence-electron chi connectivity index (χ3n) is 2.60. The molecule has 0 unspecified atom stereocenters. The normalized spacial score (nSPS) is 11.2. The quantitative estimate of drug-likeness (QED) is 0.915. The van der Waals surface area contributed by atoms with E-state index in [1.54, 1.807) is 6.07 Å². The molecule has 0 spiro atoms. The third-order valence-corrected chi connectivity index (χ3v) is 3.95. The summed E-state index contributed by atoms with van der Waals surface area (Å²) in [6.45, 7) is -3.04. The first kappa shape index (κ1) is 15.9. The Labute approximate surface area is 125 Å². The Balaban J connectivity index is 2.19. The largest absolute Gasteiger partial charge is 0.435 e. The van der Waals surface area contributed by atoms with E-state index in [1.807, 2.05) is 4.72 Å². The van der Waals surface area contributed by atoms with Gasteiger partial charge >= 0.3 is 6.61 Å². The molecule has 22 heavy (non-hydrogen) atoms. The van der Waals surface area contributed by atoms with E-state index in [0.29, 0.717) is 0 Å². The first-order chi connectivity index (χ1) is 10.4. The lowest BCUT2D eigenvalue weighted by Crippen LogP contribution is -2.30. The van der Waals surface area contributed by atoms with E-state index in [0.717, 1.165) is 6.07 Å². The predicted molar refractivity (Wildman–Crippen MR) is 74.2 cm³/mol. The Bertz CT molecular complexity index is 763. The van der Waals surface area contributed by atoms with Crippen LogP contribution in [-0.4, -0.2) is 20.9 Å². The summed E-state index contributed by atoms with van der Waals surface area (Å²) in [5, 5.41) is 0. The Hall–Kier alpha value is -2.48. The van der Waals surface area contributed by atoms with E-state index in [2.05, 4.69) is 4.74 Å². The second kappa shape index (κ2) is 6.52. The van der Waals surface area contributed by atoms with Gasteiger partial charge in [-0.1, -0.05) is 24.3 Å². The number of hydrogen-bond acceptors (Lipinski definition) is 4. The van der Waals surface area contributed by atoms with Gasteiger partial charge in [0.2, 0.25) is 0 Å². The number of alkyl halides is 2. The molecule has 0 aromatic heterocycles. The van der Waals surface area contributed by atoms with E-state index in [-0.39, 0.29) is 16.2 Å². The van der Waals surface area contributed by atoms with Crippen LogP contribution in [0.5, 0.6) is 5.75 Å². The molecular formula is C14H11F2NO4S. The smallest absolute Gasteiger partial charge is 0.387 e. The number of benzene rings is 2. The second-order valence-corrected chi connectivity index (χ2v) is 5.84. The Kier molecular flexibility index (Phi) is 4.71. The molecule has 5 nitrogen and oxygen atoms in total.